The number of amides is 2. The van der Waals surface area contributed by atoms with Crippen molar-refractivity contribution in [3.05, 3.63) is 29.8 Å². The molecule has 0 unspecified atom stereocenters. The predicted octanol–water partition coefficient (Wildman–Crippen LogP) is 0.866. The fourth-order valence-corrected chi connectivity index (χ4v) is 1.38. The Balaban J connectivity index is 1.87. The van der Waals surface area contributed by atoms with E-state index in [4.69, 9.17) is 4.74 Å². The van der Waals surface area contributed by atoms with Crippen LogP contribution in [0.3, 0.4) is 0 Å². The van der Waals surface area contributed by atoms with Gasteiger partial charge in [0, 0.05) is 11.5 Å². The summed E-state index contributed by atoms with van der Waals surface area (Å²) in [4.78, 5) is 22.9. The highest BCUT2D eigenvalue weighted by atomic mass is 16.5. The number of benzene rings is 1. The summed E-state index contributed by atoms with van der Waals surface area (Å²) in [7, 11) is 1.56. The first kappa shape index (κ1) is 11.4. The molecular formula is C12H14N2O3. The Hall–Kier alpha value is -2.04. The number of carbonyl (C=O) groups excluding carboxylic acids is 2. The number of carbonyl (C=O) groups is 2. The van der Waals surface area contributed by atoms with E-state index in [9.17, 15) is 9.59 Å². The van der Waals surface area contributed by atoms with Gasteiger partial charge in [0.2, 0.25) is 5.91 Å². The predicted molar refractivity (Wildman–Crippen MR) is 61.3 cm³/mol. The van der Waals surface area contributed by atoms with Crippen LogP contribution in [0.5, 0.6) is 5.75 Å². The van der Waals surface area contributed by atoms with Crippen molar-refractivity contribution in [2.24, 2.45) is 5.92 Å². The van der Waals surface area contributed by atoms with Crippen LogP contribution in [-0.4, -0.2) is 18.9 Å². The molecule has 2 N–H and O–H groups in total. The Bertz CT molecular complexity index is 424. The number of ether oxygens (including phenoxy) is 1. The molecule has 0 bridgehead atoms. The van der Waals surface area contributed by atoms with E-state index in [1.165, 1.54) is 0 Å². The van der Waals surface area contributed by atoms with Crippen molar-refractivity contribution < 1.29 is 14.3 Å². The summed E-state index contributed by atoms with van der Waals surface area (Å²) in [6, 6.07) is 6.66. The normalized spacial score (nSPS) is 13.9. The van der Waals surface area contributed by atoms with Gasteiger partial charge in [-0.25, -0.2) is 0 Å². The highest BCUT2D eigenvalue weighted by Crippen LogP contribution is 2.28. The van der Waals surface area contributed by atoms with E-state index in [-0.39, 0.29) is 17.7 Å². The monoisotopic (exact) mass is 234 g/mol. The molecule has 5 nitrogen and oxygen atoms in total. The molecule has 1 saturated carbocycles. The number of hydrogen-bond acceptors (Lipinski definition) is 3. The van der Waals surface area contributed by atoms with Gasteiger partial charge in [-0.1, -0.05) is 0 Å². The molecular weight excluding hydrogens is 220 g/mol. The van der Waals surface area contributed by atoms with E-state index < -0.39 is 0 Å². The Morgan fingerprint density at radius 1 is 1.18 bits per heavy atom. The van der Waals surface area contributed by atoms with Crippen LogP contribution in [0.2, 0.25) is 0 Å². The smallest absolute Gasteiger partial charge is 0.269 e. The molecule has 0 atom stereocenters. The molecule has 0 aliphatic heterocycles. The lowest BCUT2D eigenvalue weighted by Crippen LogP contribution is -2.42. The number of hydrogen-bond donors (Lipinski definition) is 2. The number of methoxy groups -OCH3 is 1. The van der Waals surface area contributed by atoms with Crippen LogP contribution in [0.1, 0.15) is 23.2 Å². The second-order valence-corrected chi connectivity index (χ2v) is 3.95. The van der Waals surface area contributed by atoms with Gasteiger partial charge in [-0.3, -0.25) is 20.4 Å². The molecule has 0 heterocycles. The number of hydrazine groups is 1. The fourth-order valence-electron chi connectivity index (χ4n) is 1.38. The van der Waals surface area contributed by atoms with Crippen LogP contribution >= 0.6 is 0 Å². The molecule has 0 radical (unpaired) electrons. The van der Waals surface area contributed by atoms with Crippen LogP contribution in [0.15, 0.2) is 24.3 Å². The van der Waals surface area contributed by atoms with Gasteiger partial charge in [0.05, 0.1) is 7.11 Å². The molecule has 0 aromatic heterocycles. The van der Waals surface area contributed by atoms with Crippen molar-refractivity contribution in [1.82, 2.24) is 10.9 Å². The van der Waals surface area contributed by atoms with E-state index in [0.717, 1.165) is 12.8 Å². The molecule has 5 heteroatoms. The highest BCUT2D eigenvalue weighted by molar-refractivity contribution is 5.95. The zero-order chi connectivity index (χ0) is 12.3. The standard InChI is InChI=1S/C12H14N2O3/c1-17-10-6-4-9(5-7-10)12(16)14-13-11(15)8-2-3-8/h4-8H,2-3H2,1H3,(H,13,15)(H,14,16). The van der Waals surface area contributed by atoms with E-state index in [1.807, 2.05) is 0 Å². The minimum absolute atomic E-state index is 0.0752. The van der Waals surface area contributed by atoms with Crippen molar-refractivity contribution in [3.63, 3.8) is 0 Å². The van der Waals surface area contributed by atoms with Crippen molar-refractivity contribution in [2.45, 2.75) is 12.8 Å². The second-order valence-electron chi connectivity index (χ2n) is 3.95. The molecule has 0 spiro atoms. The third kappa shape index (κ3) is 2.96. The average Bonchev–Trinajstić information content (AvgIpc) is 3.20. The SMILES string of the molecule is COc1ccc(C(=O)NNC(=O)C2CC2)cc1. The topological polar surface area (TPSA) is 67.4 Å². The van der Waals surface area contributed by atoms with Crippen molar-refractivity contribution in [3.8, 4) is 5.75 Å². The van der Waals surface area contributed by atoms with Gasteiger partial charge in [-0.15, -0.1) is 0 Å². The van der Waals surface area contributed by atoms with E-state index >= 15 is 0 Å². The summed E-state index contributed by atoms with van der Waals surface area (Å²) in [5.74, 6) is 0.309. The average molecular weight is 234 g/mol. The van der Waals surface area contributed by atoms with E-state index in [0.29, 0.717) is 11.3 Å². The van der Waals surface area contributed by atoms with Gasteiger partial charge in [0.25, 0.3) is 5.91 Å². The quantitative estimate of drug-likeness (QED) is 0.762. The second kappa shape index (κ2) is 4.86. The molecule has 90 valence electrons. The minimum atomic E-state index is -0.332. The first-order valence-corrected chi connectivity index (χ1v) is 5.45. The lowest BCUT2D eigenvalue weighted by atomic mass is 10.2. The van der Waals surface area contributed by atoms with Crippen LogP contribution in [0, 0.1) is 5.92 Å². The molecule has 1 aliphatic rings. The van der Waals surface area contributed by atoms with E-state index in [2.05, 4.69) is 10.9 Å². The summed E-state index contributed by atoms with van der Waals surface area (Å²) in [6.45, 7) is 0. The summed E-state index contributed by atoms with van der Waals surface area (Å²) in [6.07, 6.45) is 1.81. The Morgan fingerprint density at radius 2 is 1.82 bits per heavy atom. The molecule has 2 rings (SSSR count). The summed E-state index contributed by atoms with van der Waals surface area (Å²) in [5.41, 5.74) is 5.25. The Labute approximate surface area is 99.1 Å². The van der Waals surface area contributed by atoms with Gasteiger partial charge in [0.15, 0.2) is 0 Å². The first-order valence-electron chi connectivity index (χ1n) is 5.45. The van der Waals surface area contributed by atoms with E-state index in [1.54, 1.807) is 31.4 Å². The zero-order valence-corrected chi connectivity index (χ0v) is 9.53. The Morgan fingerprint density at radius 3 is 2.35 bits per heavy atom. The van der Waals surface area contributed by atoms with Crippen molar-refractivity contribution in [2.75, 3.05) is 7.11 Å². The van der Waals surface area contributed by atoms with Crippen LogP contribution in [-0.2, 0) is 4.79 Å². The molecule has 1 aliphatic carbocycles. The van der Waals surface area contributed by atoms with Crippen LogP contribution in [0.4, 0.5) is 0 Å². The summed E-state index contributed by atoms with van der Waals surface area (Å²) < 4.78 is 4.99. The largest absolute Gasteiger partial charge is 0.497 e. The number of nitrogens with one attached hydrogen (secondary N) is 2. The summed E-state index contributed by atoms with van der Waals surface area (Å²) in [5, 5.41) is 0. The number of rotatable bonds is 3. The molecule has 0 saturated heterocycles. The van der Waals surface area contributed by atoms with Crippen LogP contribution in [0.25, 0.3) is 0 Å². The van der Waals surface area contributed by atoms with Gasteiger partial charge >= 0.3 is 0 Å². The van der Waals surface area contributed by atoms with Gasteiger partial charge < -0.3 is 4.74 Å². The molecule has 1 fully saturated rings. The molecule has 2 amide bonds. The highest BCUT2D eigenvalue weighted by Gasteiger charge is 2.29. The molecule has 1 aromatic carbocycles. The minimum Gasteiger partial charge on any atom is -0.497 e. The maximum Gasteiger partial charge on any atom is 0.269 e. The summed E-state index contributed by atoms with van der Waals surface area (Å²) >= 11 is 0. The zero-order valence-electron chi connectivity index (χ0n) is 9.53. The van der Waals surface area contributed by atoms with Gasteiger partial charge in [-0.05, 0) is 37.1 Å². The molecule has 17 heavy (non-hydrogen) atoms. The first-order chi connectivity index (χ1) is 8.20. The third-order valence-electron chi connectivity index (χ3n) is 2.60. The third-order valence-corrected chi connectivity index (χ3v) is 2.60. The lowest BCUT2D eigenvalue weighted by molar-refractivity contribution is -0.123. The fraction of sp³-hybridized carbons (Fsp3) is 0.333. The Kier molecular flexibility index (Phi) is 3.27. The van der Waals surface area contributed by atoms with Crippen molar-refractivity contribution >= 4 is 11.8 Å². The van der Waals surface area contributed by atoms with Crippen LogP contribution < -0.4 is 15.6 Å². The maximum atomic E-state index is 11.6. The van der Waals surface area contributed by atoms with Gasteiger partial charge in [0.1, 0.15) is 5.75 Å². The van der Waals surface area contributed by atoms with Gasteiger partial charge in [-0.2, -0.15) is 0 Å². The maximum absolute atomic E-state index is 11.6. The molecule has 1 aromatic rings. The van der Waals surface area contributed by atoms with Crippen molar-refractivity contribution in [1.29, 1.82) is 0 Å². The lowest BCUT2D eigenvalue weighted by Gasteiger charge is -2.07.